The molecule has 0 bridgehead atoms. The number of benzene rings is 2. The molecule has 6 heteroatoms. The van der Waals surface area contributed by atoms with Crippen LogP contribution in [0, 0.1) is 6.92 Å². The van der Waals surface area contributed by atoms with Crippen LogP contribution in [0.1, 0.15) is 22.9 Å². The highest BCUT2D eigenvalue weighted by atomic mass is 16.5. The fourth-order valence-electron chi connectivity index (χ4n) is 3.37. The van der Waals surface area contributed by atoms with Gasteiger partial charge in [-0.15, -0.1) is 0 Å². The molecule has 1 atom stereocenters. The second kappa shape index (κ2) is 7.52. The van der Waals surface area contributed by atoms with E-state index in [4.69, 9.17) is 4.52 Å². The Morgan fingerprint density at radius 3 is 2.75 bits per heavy atom. The molecule has 1 unspecified atom stereocenters. The number of fused-ring (bicyclic) bond motifs is 1. The van der Waals surface area contributed by atoms with E-state index in [1.807, 2.05) is 67.6 Å². The van der Waals surface area contributed by atoms with Gasteiger partial charge in [0.15, 0.2) is 5.58 Å². The highest BCUT2D eigenvalue weighted by molar-refractivity contribution is 5.92. The molecule has 2 aromatic carbocycles. The lowest BCUT2D eigenvalue weighted by Crippen LogP contribution is -2.29. The van der Waals surface area contributed by atoms with E-state index in [0.717, 1.165) is 27.8 Å². The van der Waals surface area contributed by atoms with Gasteiger partial charge in [0.25, 0.3) is 0 Å². The van der Waals surface area contributed by atoms with E-state index >= 15 is 0 Å². The number of hydrogen-bond donors (Lipinski definition) is 2. The summed E-state index contributed by atoms with van der Waals surface area (Å²) in [6, 6.07) is 18.7. The van der Waals surface area contributed by atoms with Crippen molar-refractivity contribution in [2.45, 2.75) is 19.4 Å². The summed E-state index contributed by atoms with van der Waals surface area (Å²) in [6.07, 6.45) is 1.05. The Hall–Kier alpha value is -3.67. The lowest BCUT2D eigenvalue weighted by molar-refractivity contribution is 0.190. The number of carbonyl (C=O) groups is 1. The van der Waals surface area contributed by atoms with Gasteiger partial charge in [-0.1, -0.05) is 41.1 Å². The molecule has 0 aliphatic heterocycles. The second-order valence-corrected chi connectivity index (χ2v) is 6.65. The number of amides is 1. The van der Waals surface area contributed by atoms with Crippen molar-refractivity contribution >= 4 is 17.1 Å². The van der Waals surface area contributed by atoms with Crippen LogP contribution in [0.3, 0.4) is 0 Å². The lowest BCUT2D eigenvalue weighted by atomic mass is 9.92. The number of aryl methyl sites for hydroxylation is 1. The smallest absolute Gasteiger partial charge is 0.405 e. The summed E-state index contributed by atoms with van der Waals surface area (Å²) in [4.78, 5) is 15.8. The molecule has 2 heterocycles. The molecule has 0 aliphatic carbocycles. The molecule has 2 aromatic heterocycles. The summed E-state index contributed by atoms with van der Waals surface area (Å²) in [7, 11) is 0. The van der Waals surface area contributed by atoms with Crippen molar-refractivity contribution in [1.29, 1.82) is 0 Å². The molecular weight excluding hydrogens is 354 g/mol. The van der Waals surface area contributed by atoms with Gasteiger partial charge in [0.05, 0.1) is 6.04 Å². The van der Waals surface area contributed by atoms with E-state index in [1.54, 1.807) is 6.20 Å². The molecule has 0 fully saturated rings. The maximum absolute atomic E-state index is 11.5. The van der Waals surface area contributed by atoms with Gasteiger partial charge in [-0.25, -0.2) is 4.79 Å². The number of carboxylic acid groups (broad SMARTS) is 1. The molecule has 0 saturated carbocycles. The highest BCUT2D eigenvalue weighted by Gasteiger charge is 2.22. The predicted octanol–water partition coefficient (Wildman–Crippen LogP) is 4.75. The van der Waals surface area contributed by atoms with Crippen LogP contribution in [-0.2, 0) is 6.42 Å². The Labute approximate surface area is 161 Å². The number of pyridine rings is 1. The third-order valence-corrected chi connectivity index (χ3v) is 4.65. The number of para-hydroxylation sites is 1. The van der Waals surface area contributed by atoms with E-state index in [9.17, 15) is 9.90 Å². The van der Waals surface area contributed by atoms with Crippen LogP contribution in [0.5, 0.6) is 0 Å². The third-order valence-electron chi connectivity index (χ3n) is 4.65. The normalized spacial score (nSPS) is 12.0. The quantitative estimate of drug-likeness (QED) is 0.527. The number of nitrogens with zero attached hydrogens (tertiary/aromatic N) is 2. The average molecular weight is 373 g/mol. The van der Waals surface area contributed by atoms with Crippen molar-refractivity contribution in [3.8, 4) is 11.3 Å². The average Bonchev–Trinajstić information content (AvgIpc) is 3.12. The van der Waals surface area contributed by atoms with E-state index in [2.05, 4.69) is 15.5 Å². The SMILES string of the molecule is Cc1ccc(C(Cc2ccccn2)NC(=O)O)c(-c2noc3ccccc23)c1. The van der Waals surface area contributed by atoms with Crippen molar-refractivity contribution < 1.29 is 14.4 Å². The highest BCUT2D eigenvalue weighted by Crippen LogP contribution is 2.34. The molecule has 0 saturated heterocycles. The fourth-order valence-corrected chi connectivity index (χ4v) is 3.37. The summed E-state index contributed by atoms with van der Waals surface area (Å²) in [5.41, 5.74) is 4.93. The van der Waals surface area contributed by atoms with Crippen molar-refractivity contribution in [3.05, 3.63) is 83.7 Å². The Kier molecular flexibility index (Phi) is 4.76. The Morgan fingerprint density at radius 2 is 1.96 bits per heavy atom. The standard InChI is InChI=1S/C22H19N3O3/c1-14-9-10-16(19(24-22(26)27)13-15-6-4-5-11-23-15)18(12-14)21-17-7-2-3-8-20(17)28-25-21/h2-12,19,24H,13H2,1H3,(H,26,27). The second-order valence-electron chi connectivity index (χ2n) is 6.65. The molecule has 6 nitrogen and oxygen atoms in total. The first-order valence-electron chi connectivity index (χ1n) is 8.96. The molecule has 0 radical (unpaired) electrons. The molecule has 4 rings (SSSR count). The van der Waals surface area contributed by atoms with Gasteiger partial charge in [0.1, 0.15) is 5.69 Å². The summed E-state index contributed by atoms with van der Waals surface area (Å²) in [5, 5.41) is 17.2. The first kappa shape index (κ1) is 17.7. The van der Waals surface area contributed by atoms with Crippen LogP contribution in [0.4, 0.5) is 4.79 Å². The molecule has 4 aromatic rings. The van der Waals surface area contributed by atoms with Gasteiger partial charge in [-0.05, 0) is 42.8 Å². The zero-order valence-corrected chi connectivity index (χ0v) is 15.3. The van der Waals surface area contributed by atoms with E-state index < -0.39 is 12.1 Å². The van der Waals surface area contributed by atoms with E-state index in [0.29, 0.717) is 17.7 Å². The number of aromatic nitrogens is 2. The van der Waals surface area contributed by atoms with Gasteiger partial charge < -0.3 is 14.9 Å². The molecule has 2 N–H and O–H groups in total. The van der Waals surface area contributed by atoms with Crippen LogP contribution in [0.25, 0.3) is 22.2 Å². The molecule has 28 heavy (non-hydrogen) atoms. The molecular formula is C22H19N3O3. The first-order chi connectivity index (χ1) is 13.6. The van der Waals surface area contributed by atoms with Gasteiger partial charge in [-0.2, -0.15) is 0 Å². The van der Waals surface area contributed by atoms with Gasteiger partial charge in [0.2, 0.25) is 0 Å². The van der Waals surface area contributed by atoms with Gasteiger partial charge >= 0.3 is 6.09 Å². The summed E-state index contributed by atoms with van der Waals surface area (Å²) in [6.45, 7) is 1.99. The maximum Gasteiger partial charge on any atom is 0.405 e. The largest absolute Gasteiger partial charge is 0.465 e. The molecule has 0 aliphatic rings. The Balaban J connectivity index is 1.84. The van der Waals surface area contributed by atoms with E-state index in [1.165, 1.54) is 0 Å². The maximum atomic E-state index is 11.5. The fraction of sp³-hybridized carbons (Fsp3) is 0.136. The first-order valence-corrected chi connectivity index (χ1v) is 8.96. The summed E-state index contributed by atoms with van der Waals surface area (Å²) < 4.78 is 5.48. The van der Waals surface area contributed by atoms with Crippen LogP contribution in [-0.4, -0.2) is 21.3 Å². The van der Waals surface area contributed by atoms with Crippen molar-refractivity contribution in [2.24, 2.45) is 0 Å². The number of hydrogen-bond acceptors (Lipinski definition) is 4. The number of rotatable bonds is 5. The Morgan fingerprint density at radius 1 is 1.14 bits per heavy atom. The van der Waals surface area contributed by atoms with Crippen LogP contribution in [0.2, 0.25) is 0 Å². The minimum atomic E-state index is -1.09. The van der Waals surface area contributed by atoms with Crippen LogP contribution < -0.4 is 5.32 Å². The van der Waals surface area contributed by atoms with Crippen LogP contribution >= 0.6 is 0 Å². The monoisotopic (exact) mass is 373 g/mol. The van der Waals surface area contributed by atoms with Crippen molar-refractivity contribution in [3.63, 3.8) is 0 Å². The number of nitrogens with one attached hydrogen (secondary N) is 1. The van der Waals surface area contributed by atoms with Crippen molar-refractivity contribution in [1.82, 2.24) is 15.5 Å². The van der Waals surface area contributed by atoms with Gasteiger partial charge in [-0.3, -0.25) is 4.98 Å². The zero-order chi connectivity index (χ0) is 19.5. The summed E-state index contributed by atoms with van der Waals surface area (Å²) >= 11 is 0. The molecule has 0 spiro atoms. The molecule has 1 amide bonds. The third kappa shape index (κ3) is 3.57. The van der Waals surface area contributed by atoms with E-state index in [-0.39, 0.29) is 0 Å². The Bertz CT molecular complexity index is 1120. The van der Waals surface area contributed by atoms with Gasteiger partial charge in [0, 0.05) is 29.3 Å². The zero-order valence-electron chi connectivity index (χ0n) is 15.3. The lowest BCUT2D eigenvalue weighted by Gasteiger charge is -2.20. The summed E-state index contributed by atoms with van der Waals surface area (Å²) in [5.74, 6) is 0. The molecule has 140 valence electrons. The topological polar surface area (TPSA) is 88.2 Å². The van der Waals surface area contributed by atoms with Crippen molar-refractivity contribution in [2.75, 3.05) is 0 Å². The minimum absolute atomic E-state index is 0.430. The predicted molar refractivity (Wildman–Crippen MR) is 106 cm³/mol. The minimum Gasteiger partial charge on any atom is -0.465 e. The van der Waals surface area contributed by atoms with Crippen LogP contribution in [0.15, 0.2) is 71.4 Å².